The quantitative estimate of drug-likeness (QED) is 0.649. The number of hydrogen-bond donors (Lipinski definition) is 2. The van der Waals surface area contributed by atoms with E-state index in [2.05, 4.69) is 30.9 Å². The normalized spacial score (nSPS) is 16.3. The minimum Gasteiger partial charge on any atom is -0.326 e. The molecule has 1 fully saturated rings. The molecule has 27 heavy (non-hydrogen) atoms. The lowest BCUT2D eigenvalue weighted by Crippen LogP contribution is -2.45. The molecule has 0 atom stereocenters. The lowest BCUT2D eigenvalue weighted by atomic mass is 10.1. The second-order valence-electron chi connectivity index (χ2n) is 6.47. The van der Waals surface area contributed by atoms with Gasteiger partial charge in [0.1, 0.15) is 4.21 Å². The van der Waals surface area contributed by atoms with E-state index in [0.717, 1.165) is 36.1 Å². The number of sulfonamides is 1. The zero-order valence-electron chi connectivity index (χ0n) is 14.7. The van der Waals surface area contributed by atoms with Crippen LogP contribution in [0.5, 0.6) is 0 Å². The highest BCUT2D eigenvalue weighted by atomic mass is 79.9. The van der Waals surface area contributed by atoms with Crippen LogP contribution in [0.2, 0.25) is 0 Å². The topological polar surface area (TPSA) is 78.5 Å². The third-order valence-electron chi connectivity index (χ3n) is 4.45. The smallest absolute Gasteiger partial charge is 0.250 e. The third-order valence-corrected chi connectivity index (χ3v) is 7.90. The van der Waals surface area contributed by atoms with Crippen LogP contribution >= 0.6 is 27.3 Å². The molecule has 1 aromatic heterocycles. The summed E-state index contributed by atoms with van der Waals surface area (Å²) in [6, 6.07) is 10.8. The van der Waals surface area contributed by atoms with E-state index in [1.54, 1.807) is 17.5 Å². The van der Waals surface area contributed by atoms with Crippen molar-refractivity contribution >= 4 is 48.9 Å². The summed E-state index contributed by atoms with van der Waals surface area (Å²) in [5.74, 6) is -0.0159. The number of carbonyl (C=O) groups excluding carboxylic acids is 1. The van der Waals surface area contributed by atoms with Crippen molar-refractivity contribution in [2.24, 2.45) is 0 Å². The maximum absolute atomic E-state index is 12.3. The lowest BCUT2D eigenvalue weighted by Gasteiger charge is -2.31. The van der Waals surface area contributed by atoms with E-state index in [9.17, 15) is 13.2 Å². The van der Waals surface area contributed by atoms with Gasteiger partial charge in [-0.25, -0.2) is 13.1 Å². The molecule has 1 aliphatic heterocycles. The highest BCUT2D eigenvalue weighted by Gasteiger charge is 2.25. The van der Waals surface area contributed by atoms with Gasteiger partial charge in [-0.15, -0.1) is 11.3 Å². The average Bonchev–Trinajstić information content (AvgIpc) is 3.19. The van der Waals surface area contributed by atoms with Crippen LogP contribution in [0.4, 0.5) is 5.69 Å². The Kier molecular flexibility index (Phi) is 7.04. The number of amides is 1. The zero-order chi connectivity index (χ0) is 19.3. The number of hydrogen-bond acceptors (Lipinski definition) is 5. The number of benzene rings is 1. The fourth-order valence-electron chi connectivity index (χ4n) is 2.98. The molecule has 0 spiro atoms. The Bertz CT molecular complexity index is 846. The predicted molar refractivity (Wildman–Crippen MR) is 111 cm³/mol. The van der Waals surface area contributed by atoms with Gasteiger partial charge < -0.3 is 10.2 Å². The van der Waals surface area contributed by atoms with Crippen molar-refractivity contribution in [3.63, 3.8) is 0 Å². The molecule has 0 aliphatic carbocycles. The zero-order valence-corrected chi connectivity index (χ0v) is 17.9. The van der Waals surface area contributed by atoms with Crippen molar-refractivity contribution in [3.05, 3.63) is 46.3 Å². The van der Waals surface area contributed by atoms with Crippen LogP contribution in [0, 0.1) is 0 Å². The summed E-state index contributed by atoms with van der Waals surface area (Å²) in [7, 11) is -3.41. The Hall–Kier alpha value is -1.26. The van der Waals surface area contributed by atoms with Crippen molar-refractivity contribution in [2.45, 2.75) is 29.5 Å². The number of nitrogens with one attached hydrogen (secondary N) is 2. The third kappa shape index (κ3) is 6.11. The number of carbonyl (C=O) groups is 1. The van der Waals surface area contributed by atoms with E-state index >= 15 is 0 Å². The van der Waals surface area contributed by atoms with Gasteiger partial charge in [0.2, 0.25) is 15.9 Å². The maximum atomic E-state index is 12.3. The van der Waals surface area contributed by atoms with E-state index < -0.39 is 10.0 Å². The van der Waals surface area contributed by atoms with Crippen LogP contribution in [-0.4, -0.2) is 44.9 Å². The van der Waals surface area contributed by atoms with Crippen LogP contribution in [-0.2, 0) is 14.8 Å². The van der Waals surface area contributed by atoms with E-state index in [0.29, 0.717) is 17.2 Å². The van der Waals surface area contributed by atoms with Crippen LogP contribution in [0.25, 0.3) is 0 Å². The van der Waals surface area contributed by atoms with Gasteiger partial charge in [0.15, 0.2) is 0 Å². The Morgan fingerprint density at radius 1 is 1.19 bits per heavy atom. The van der Waals surface area contributed by atoms with Gasteiger partial charge >= 0.3 is 0 Å². The van der Waals surface area contributed by atoms with E-state index in [-0.39, 0.29) is 11.9 Å². The molecular weight excluding hydrogens is 450 g/mol. The van der Waals surface area contributed by atoms with Crippen molar-refractivity contribution in [1.29, 1.82) is 0 Å². The summed E-state index contributed by atoms with van der Waals surface area (Å²) < 4.78 is 28.7. The standard InChI is InChI=1S/C18H22BrN3O3S2/c19-14-3-5-15(6-4-14)20-17(23)9-12-22-10-7-16(8-11-22)21-27(24,25)18-2-1-13-26-18/h1-6,13,16,21H,7-12H2,(H,20,23). The largest absolute Gasteiger partial charge is 0.326 e. The summed E-state index contributed by atoms with van der Waals surface area (Å²) in [4.78, 5) is 14.3. The molecule has 0 bridgehead atoms. The molecular formula is C18H22BrN3O3S2. The van der Waals surface area contributed by atoms with Crippen LogP contribution in [0.15, 0.2) is 50.5 Å². The molecule has 1 aromatic carbocycles. The van der Waals surface area contributed by atoms with Gasteiger partial charge in [-0.3, -0.25) is 4.79 Å². The van der Waals surface area contributed by atoms with Gasteiger partial charge in [0, 0.05) is 29.2 Å². The molecule has 146 valence electrons. The molecule has 6 nitrogen and oxygen atoms in total. The minimum atomic E-state index is -3.41. The molecule has 1 aliphatic rings. The second-order valence-corrected chi connectivity index (χ2v) is 10.3. The number of halogens is 1. The van der Waals surface area contributed by atoms with Crippen molar-refractivity contribution in [3.8, 4) is 0 Å². The monoisotopic (exact) mass is 471 g/mol. The molecule has 1 saturated heterocycles. The van der Waals surface area contributed by atoms with Crippen LogP contribution < -0.4 is 10.0 Å². The second kappa shape index (κ2) is 9.29. The van der Waals surface area contributed by atoms with E-state index in [1.165, 1.54) is 11.3 Å². The Balaban J connectivity index is 1.39. The lowest BCUT2D eigenvalue weighted by molar-refractivity contribution is -0.116. The number of piperidine rings is 1. The van der Waals surface area contributed by atoms with Gasteiger partial charge in [-0.2, -0.15) is 0 Å². The number of rotatable bonds is 7. The van der Waals surface area contributed by atoms with Gasteiger partial charge in [0.25, 0.3) is 0 Å². The Labute approximate surface area is 172 Å². The van der Waals surface area contributed by atoms with Gasteiger partial charge in [0.05, 0.1) is 0 Å². The first-order chi connectivity index (χ1) is 12.9. The van der Waals surface area contributed by atoms with Crippen molar-refractivity contribution in [2.75, 3.05) is 25.0 Å². The summed E-state index contributed by atoms with van der Waals surface area (Å²) in [6.45, 7) is 2.24. The van der Waals surface area contributed by atoms with Gasteiger partial charge in [-0.1, -0.05) is 22.0 Å². The molecule has 2 heterocycles. The summed E-state index contributed by atoms with van der Waals surface area (Å²) in [5.41, 5.74) is 0.782. The molecule has 0 unspecified atom stereocenters. The summed E-state index contributed by atoms with van der Waals surface area (Å²) in [5, 5.41) is 4.65. The first kappa shape index (κ1) is 20.5. The molecule has 9 heteroatoms. The Morgan fingerprint density at radius 2 is 1.89 bits per heavy atom. The van der Waals surface area contributed by atoms with E-state index in [1.807, 2.05) is 24.3 Å². The number of thiophene rings is 1. The molecule has 2 aromatic rings. The maximum Gasteiger partial charge on any atom is 0.250 e. The predicted octanol–water partition coefficient (Wildman–Crippen LogP) is 3.28. The van der Waals surface area contributed by atoms with Crippen LogP contribution in [0.3, 0.4) is 0 Å². The highest BCUT2D eigenvalue weighted by Crippen LogP contribution is 2.19. The van der Waals surface area contributed by atoms with E-state index in [4.69, 9.17) is 0 Å². The molecule has 1 amide bonds. The molecule has 2 N–H and O–H groups in total. The summed E-state index contributed by atoms with van der Waals surface area (Å²) in [6.07, 6.45) is 1.92. The SMILES string of the molecule is O=C(CCN1CCC(NS(=O)(=O)c2cccs2)CC1)Nc1ccc(Br)cc1. The molecule has 0 radical (unpaired) electrons. The number of likely N-dealkylation sites (tertiary alicyclic amines) is 1. The first-order valence-corrected chi connectivity index (χ1v) is 11.9. The number of anilines is 1. The summed E-state index contributed by atoms with van der Waals surface area (Å²) >= 11 is 4.59. The highest BCUT2D eigenvalue weighted by molar-refractivity contribution is 9.10. The fraction of sp³-hybridized carbons (Fsp3) is 0.389. The van der Waals surface area contributed by atoms with Crippen molar-refractivity contribution in [1.82, 2.24) is 9.62 Å². The minimum absolute atomic E-state index is 0.0159. The molecule has 3 rings (SSSR count). The average molecular weight is 472 g/mol. The fourth-order valence-corrected chi connectivity index (χ4v) is 5.56. The number of nitrogens with zero attached hydrogens (tertiary/aromatic N) is 1. The van der Waals surface area contributed by atoms with Crippen molar-refractivity contribution < 1.29 is 13.2 Å². The van der Waals surface area contributed by atoms with Gasteiger partial charge in [-0.05, 0) is 61.6 Å². The van der Waals surface area contributed by atoms with Crippen LogP contribution in [0.1, 0.15) is 19.3 Å². The Morgan fingerprint density at radius 3 is 2.52 bits per heavy atom. The molecule has 0 saturated carbocycles. The first-order valence-electron chi connectivity index (χ1n) is 8.76.